The van der Waals surface area contributed by atoms with E-state index in [1.165, 1.54) is 22.4 Å². The largest absolute Gasteiger partial charge is 0.362 e. The van der Waals surface area contributed by atoms with E-state index in [0.29, 0.717) is 6.54 Å². The molecule has 4 heteroatoms. The number of nitro groups is 1. The number of hydrogen-bond donors (Lipinski definition) is 0. The molecule has 160 valence electrons. The fourth-order valence-corrected chi connectivity index (χ4v) is 5.13. The molecule has 4 rings (SSSR count). The van der Waals surface area contributed by atoms with Crippen LogP contribution in [0, 0.1) is 10.1 Å². The molecule has 0 N–H and O–H groups in total. The number of fused-ring (bicyclic) bond motifs is 1. The number of anilines is 1. The number of nitrogens with zero attached hydrogens (tertiary/aromatic N) is 2. The van der Waals surface area contributed by atoms with E-state index in [9.17, 15) is 10.1 Å². The lowest BCUT2D eigenvalue weighted by Gasteiger charge is -2.52. The lowest BCUT2D eigenvalue weighted by Crippen LogP contribution is -2.53. The van der Waals surface area contributed by atoms with Gasteiger partial charge >= 0.3 is 0 Å². The van der Waals surface area contributed by atoms with E-state index in [2.05, 4.69) is 81.1 Å². The summed E-state index contributed by atoms with van der Waals surface area (Å²) in [6.45, 7) is 9.86. The molecule has 1 aliphatic heterocycles. The Bertz CT molecular complexity index is 1090. The molecule has 1 atom stereocenters. The Morgan fingerprint density at radius 2 is 1.52 bits per heavy atom. The van der Waals surface area contributed by atoms with E-state index in [1.807, 2.05) is 12.1 Å². The summed E-state index contributed by atoms with van der Waals surface area (Å²) in [7, 11) is 0. The number of hydrogen-bond acceptors (Lipinski definition) is 3. The van der Waals surface area contributed by atoms with E-state index in [-0.39, 0.29) is 21.6 Å². The second-order valence-electron chi connectivity index (χ2n) is 9.40. The predicted octanol–water partition coefficient (Wildman–Crippen LogP) is 6.65. The molecule has 4 nitrogen and oxygen atoms in total. The van der Waals surface area contributed by atoms with Crippen LogP contribution in [-0.4, -0.2) is 10.5 Å². The molecule has 0 saturated carbocycles. The molecule has 0 fully saturated rings. The fourth-order valence-electron chi connectivity index (χ4n) is 5.13. The molecule has 0 spiro atoms. The average molecular weight is 415 g/mol. The molecule has 0 radical (unpaired) electrons. The molecule has 0 bridgehead atoms. The van der Waals surface area contributed by atoms with E-state index in [0.717, 1.165) is 18.4 Å². The summed E-state index contributed by atoms with van der Waals surface area (Å²) in [5.41, 5.74) is 6.30. The van der Waals surface area contributed by atoms with Crippen LogP contribution in [0.15, 0.2) is 72.8 Å². The number of aryl methyl sites for hydroxylation is 1. The van der Waals surface area contributed by atoms with Crippen LogP contribution in [0.4, 0.5) is 11.4 Å². The van der Waals surface area contributed by atoms with Crippen molar-refractivity contribution < 1.29 is 4.92 Å². The monoisotopic (exact) mass is 414 g/mol. The van der Waals surface area contributed by atoms with E-state index in [4.69, 9.17) is 0 Å². The SMILES string of the molecule is CCc1ccc([C@@]2(C)CC(C)(C)N(Cc3ccc([N+](=O)[O-])cc3)c3ccccc32)cc1. The Morgan fingerprint density at radius 1 is 0.903 bits per heavy atom. The second-order valence-corrected chi connectivity index (χ2v) is 9.40. The van der Waals surface area contributed by atoms with Crippen LogP contribution in [-0.2, 0) is 18.4 Å². The van der Waals surface area contributed by atoms with Crippen molar-refractivity contribution in [3.8, 4) is 0 Å². The van der Waals surface area contributed by atoms with Crippen LogP contribution in [0.5, 0.6) is 0 Å². The maximum atomic E-state index is 11.0. The summed E-state index contributed by atoms with van der Waals surface area (Å²) in [4.78, 5) is 13.1. The number of para-hydroxylation sites is 1. The van der Waals surface area contributed by atoms with Crippen LogP contribution in [0.2, 0.25) is 0 Å². The summed E-state index contributed by atoms with van der Waals surface area (Å²) < 4.78 is 0. The lowest BCUT2D eigenvalue weighted by molar-refractivity contribution is -0.384. The first-order chi connectivity index (χ1) is 14.7. The lowest BCUT2D eigenvalue weighted by atomic mass is 9.65. The highest BCUT2D eigenvalue weighted by molar-refractivity contribution is 5.64. The topological polar surface area (TPSA) is 46.4 Å². The van der Waals surface area contributed by atoms with E-state index >= 15 is 0 Å². The minimum absolute atomic E-state index is 0.0850. The van der Waals surface area contributed by atoms with Crippen molar-refractivity contribution in [2.75, 3.05) is 4.90 Å². The molecule has 0 aliphatic carbocycles. The molecular weight excluding hydrogens is 384 g/mol. The maximum Gasteiger partial charge on any atom is 0.269 e. The fraction of sp³-hybridized carbons (Fsp3) is 0.333. The standard InChI is InChI=1S/C27H30N2O2/c1-5-20-10-14-22(15-11-20)27(4)19-26(2,3)28(25-9-7-6-8-24(25)27)18-21-12-16-23(17-13-21)29(30)31/h6-17H,5,18-19H2,1-4H3/t27-/m1/s1. The maximum absolute atomic E-state index is 11.0. The van der Waals surface area contributed by atoms with Crippen molar-refractivity contribution >= 4 is 11.4 Å². The average Bonchev–Trinajstić information content (AvgIpc) is 2.76. The molecule has 3 aromatic rings. The Balaban J connectivity index is 1.75. The Labute approximate surface area is 184 Å². The zero-order valence-electron chi connectivity index (χ0n) is 18.8. The summed E-state index contributed by atoms with van der Waals surface area (Å²) in [5.74, 6) is 0. The van der Waals surface area contributed by atoms with Crippen LogP contribution in [0.3, 0.4) is 0 Å². The van der Waals surface area contributed by atoms with Gasteiger partial charge in [0.1, 0.15) is 0 Å². The summed E-state index contributed by atoms with van der Waals surface area (Å²) in [6, 6.07) is 24.7. The number of nitro benzene ring substituents is 1. The van der Waals surface area contributed by atoms with E-state index in [1.54, 1.807) is 12.1 Å². The molecule has 0 aromatic heterocycles. The normalized spacial score (nSPS) is 19.7. The van der Waals surface area contributed by atoms with Gasteiger partial charge in [-0.15, -0.1) is 0 Å². The highest BCUT2D eigenvalue weighted by Gasteiger charge is 2.45. The third-order valence-electron chi connectivity index (χ3n) is 6.79. The van der Waals surface area contributed by atoms with Gasteiger partial charge in [-0.05, 0) is 55.0 Å². The molecule has 0 saturated heterocycles. The zero-order valence-corrected chi connectivity index (χ0v) is 18.8. The van der Waals surface area contributed by atoms with Crippen molar-refractivity contribution in [1.82, 2.24) is 0 Å². The second kappa shape index (κ2) is 7.84. The molecule has 0 unspecified atom stereocenters. The van der Waals surface area contributed by atoms with E-state index < -0.39 is 0 Å². The third-order valence-corrected chi connectivity index (χ3v) is 6.79. The predicted molar refractivity (Wildman–Crippen MR) is 127 cm³/mol. The van der Waals surface area contributed by atoms with Crippen LogP contribution in [0.25, 0.3) is 0 Å². The highest BCUT2D eigenvalue weighted by Crippen LogP contribution is 2.50. The minimum Gasteiger partial charge on any atom is -0.362 e. The summed E-state index contributed by atoms with van der Waals surface area (Å²) in [6.07, 6.45) is 2.03. The van der Waals surface area contributed by atoms with Crippen molar-refractivity contribution in [2.24, 2.45) is 0 Å². The number of benzene rings is 3. The van der Waals surface area contributed by atoms with Crippen LogP contribution >= 0.6 is 0 Å². The van der Waals surface area contributed by atoms with Gasteiger partial charge in [0, 0.05) is 35.3 Å². The first-order valence-corrected chi connectivity index (χ1v) is 10.9. The highest BCUT2D eigenvalue weighted by atomic mass is 16.6. The molecular formula is C27H30N2O2. The Hall–Kier alpha value is -3.14. The Morgan fingerprint density at radius 3 is 2.13 bits per heavy atom. The minimum atomic E-state index is -0.348. The van der Waals surface area contributed by atoms with Gasteiger partial charge in [-0.1, -0.05) is 68.4 Å². The molecule has 0 amide bonds. The quantitative estimate of drug-likeness (QED) is 0.347. The van der Waals surface area contributed by atoms with Crippen LogP contribution in [0.1, 0.15) is 56.4 Å². The Kier molecular flexibility index (Phi) is 5.34. The van der Waals surface area contributed by atoms with Gasteiger partial charge in [-0.2, -0.15) is 0 Å². The zero-order chi connectivity index (χ0) is 22.2. The van der Waals surface area contributed by atoms with Crippen LogP contribution < -0.4 is 4.90 Å². The number of rotatable bonds is 5. The van der Waals surface area contributed by atoms with Gasteiger partial charge in [-0.3, -0.25) is 10.1 Å². The van der Waals surface area contributed by atoms with Gasteiger partial charge in [0.2, 0.25) is 0 Å². The molecule has 31 heavy (non-hydrogen) atoms. The number of non-ortho nitro benzene ring substituents is 1. The van der Waals surface area contributed by atoms with Gasteiger partial charge in [0.15, 0.2) is 0 Å². The summed E-state index contributed by atoms with van der Waals surface area (Å²) in [5, 5.41) is 11.0. The van der Waals surface area contributed by atoms with Gasteiger partial charge in [0.25, 0.3) is 5.69 Å². The van der Waals surface area contributed by atoms with Crippen molar-refractivity contribution in [2.45, 2.75) is 58.0 Å². The molecule has 1 aliphatic rings. The van der Waals surface area contributed by atoms with Gasteiger partial charge in [0.05, 0.1) is 4.92 Å². The van der Waals surface area contributed by atoms with Gasteiger partial charge < -0.3 is 4.90 Å². The van der Waals surface area contributed by atoms with Crippen molar-refractivity contribution in [3.63, 3.8) is 0 Å². The van der Waals surface area contributed by atoms with Crippen molar-refractivity contribution in [1.29, 1.82) is 0 Å². The third kappa shape index (κ3) is 3.83. The van der Waals surface area contributed by atoms with Crippen molar-refractivity contribution in [3.05, 3.63) is 105 Å². The summed E-state index contributed by atoms with van der Waals surface area (Å²) >= 11 is 0. The van der Waals surface area contributed by atoms with Gasteiger partial charge in [-0.25, -0.2) is 0 Å². The molecule has 1 heterocycles. The first-order valence-electron chi connectivity index (χ1n) is 10.9. The first kappa shape index (κ1) is 21.1. The molecule has 3 aromatic carbocycles. The smallest absolute Gasteiger partial charge is 0.269 e.